The van der Waals surface area contributed by atoms with Crippen LogP contribution >= 0.6 is 11.8 Å². The maximum atomic E-state index is 12.4. The third-order valence-corrected chi connectivity index (χ3v) is 7.10. The minimum Gasteiger partial charge on any atom is -0.483 e. The average molecular weight is 330 g/mol. The fraction of sp³-hybridized carbons (Fsp3) is 0.650. The lowest BCUT2D eigenvalue weighted by Crippen LogP contribution is -2.42. The molecule has 0 amide bonds. The van der Waals surface area contributed by atoms with Crippen LogP contribution in [0.15, 0.2) is 18.2 Å². The molecule has 0 aliphatic heterocycles. The minimum absolute atomic E-state index is 0.0138. The first kappa shape index (κ1) is 15.6. The van der Waals surface area contributed by atoms with Gasteiger partial charge in [-0.1, -0.05) is 13.0 Å². The van der Waals surface area contributed by atoms with Crippen LogP contribution in [-0.2, 0) is 11.2 Å². The van der Waals surface area contributed by atoms with Crippen molar-refractivity contribution < 1.29 is 9.53 Å². The number of carbonyl (C=O) groups excluding carboxylic acids is 1. The lowest BCUT2D eigenvalue weighted by molar-refractivity contribution is -0.129. The zero-order chi connectivity index (χ0) is 16.0. The molecule has 124 valence electrons. The number of aryl methyl sites for hydroxylation is 1. The molecule has 23 heavy (non-hydrogen) atoms. The maximum Gasteiger partial charge on any atom is 0.139 e. The predicted octanol–water partition coefficient (Wildman–Crippen LogP) is 4.81. The lowest BCUT2D eigenvalue weighted by Gasteiger charge is -2.48. The van der Waals surface area contributed by atoms with Gasteiger partial charge in [-0.2, -0.15) is 0 Å². The van der Waals surface area contributed by atoms with Gasteiger partial charge >= 0.3 is 0 Å². The van der Waals surface area contributed by atoms with Gasteiger partial charge in [0.15, 0.2) is 0 Å². The molecule has 1 aromatic carbocycles. The molecular formula is C20H26O2S. The molecule has 3 aliphatic rings. The van der Waals surface area contributed by atoms with Gasteiger partial charge in [0.25, 0.3) is 0 Å². The second-order valence-corrected chi connectivity index (χ2v) is 8.56. The van der Waals surface area contributed by atoms with Gasteiger partial charge in [-0.25, -0.2) is 0 Å². The normalized spacial score (nSPS) is 35.4. The summed E-state index contributed by atoms with van der Waals surface area (Å²) < 4.78 is 5.78. The van der Waals surface area contributed by atoms with Gasteiger partial charge in [0.05, 0.1) is 0 Å². The molecule has 0 N–H and O–H groups in total. The van der Waals surface area contributed by atoms with E-state index in [0.717, 1.165) is 31.4 Å². The van der Waals surface area contributed by atoms with Crippen molar-refractivity contribution in [3.05, 3.63) is 29.3 Å². The third-order valence-electron chi connectivity index (χ3n) is 6.75. The van der Waals surface area contributed by atoms with Crippen LogP contribution in [0, 0.1) is 17.3 Å². The van der Waals surface area contributed by atoms with Crippen LogP contribution in [0.25, 0.3) is 0 Å². The van der Waals surface area contributed by atoms with E-state index in [1.807, 2.05) is 0 Å². The first-order valence-corrected chi connectivity index (χ1v) is 10.3. The third kappa shape index (κ3) is 2.43. The number of hydrogen-bond donors (Lipinski definition) is 0. The van der Waals surface area contributed by atoms with Crippen LogP contribution in [-0.4, -0.2) is 18.0 Å². The summed E-state index contributed by atoms with van der Waals surface area (Å²) in [5, 5.41) is 0. The summed E-state index contributed by atoms with van der Waals surface area (Å²) in [5.41, 5.74) is 3.01. The largest absolute Gasteiger partial charge is 0.483 e. The summed E-state index contributed by atoms with van der Waals surface area (Å²) in [6, 6.07) is 6.71. The van der Waals surface area contributed by atoms with Crippen molar-refractivity contribution in [2.24, 2.45) is 17.3 Å². The van der Waals surface area contributed by atoms with E-state index in [9.17, 15) is 4.79 Å². The van der Waals surface area contributed by atoms with Crippen molar-refractivity contribution in [3.8, 4) is 5.75 Å². The monoisotopic (exact) mass is 330 g/mol. The van der Waals surface area contributed by atoms with Crippen molar-refractivity contribution in [2.75, 3.05) is 12.2 Å². The number of fused-ring (bicyclic) bond motifs is 5. The van der Waals surface area contributed by atoms with Crippen molar-refractivity contribution in [2.45, 2.75) is 51.4 Å². The van der Waals surface area contributed by atoms with Crippen molar-refractivity contribution >= 4 is 17.5 Å². The first-order valence-electron chi connectivity index (χ1n) is 8.91. The maximum absolute atomic E-state index is 12.4. The Bertz CT molecular complexity index is 626. The summed E-state index contributed by atoms with van der Waals surface area (Å²) in [6.45, 7) is 2.25. The van der Waals surface area contributed by atoms with Gasteiger partial charge < -0.3 is 4.74 Å². The number of hydrogen-bond acceptors (Lipinski definition) is 3. The Kier molecular flexibility index (Phi) is 3.95. The Morgan fingerprint density at radius 1 is 1.26 bits per heavy atom. The second kappa shape index (κ2) is 5.84. The van der Waals surface area contributed by atoms with E-state index in [1.54, 1.807) is 17.3 Å². The molecule has 1 aromatic rings. The highest BCUT2D eigenvalue weighted by Gasteiger charge is 2.54. The molecular weight excluding hydrogens is 304 g/mol. The van der Waals surface area contributed by atoms with Gasteiger partial charge in [0, 0.05) is 11.8 Å². The van der Waals surface area contributed by atoms with Gasteiger partial charge in [-0.15, -0.1) is 11.8 Å². The number of benzene rings is 1. The van der Waals surface area contributed by atoms with E-state index in [0.29, 0.717) is 29.5 Å². The highest BCUT2D eigenvalue weighted by Crippen LogP contribution is 2.59. The van der Waals surface area contributed by atoms with Crippen LogP contribution in [0.1, 0.15) is 56.1 Å². The van der Waals surface area contributed by atoms with Gasteiger partial charge in [-0.05, 0) is 79.4 Å². The van der Waals surface area contributed by atoms with E-state index in [4.69, 9.17) is 4.74 Å². The zero-order valence-corrected chi connectivity index (χ0v) is 15.0. The quantitative estimate of drug-likeness (QED) is 0.744. The molecule has 4 atom stereocenters. The molecule has 2 saturated carbocycles. The Morgan fingerprint density at radius 2 is 2.13 bits per heavy atom. The molecule has 3 aliphatic carbocycles. The molecule has 0 radical (unpaired) electrons. The van der Waals surface area contributed by atoms with E-state index in [1.165, 1.54) is 18.4 Å². The summed E-state index contributed by atoms with van der Waals surface area (Å²) >= 11 is 1.71. The number of thioether (sulfide) groups is 1. The predicted molar refractivity (Wildman–Crippen MR) is 95.1 cm³/mol. The molecule has 0 unspecified atom stereocenters. The number of rotatable bonds is 3. The van der Waals surface area contributed by atoms with Crippen molar-refractivity contribution in [3.63, 3.8) is 0 Å². The summed E-state index contributed by atoms with van der Waals surface area (Å²) in [7, 11) is 0. The molecule has 4 rings (SSSR count). The molecule has 2 nitrogen and oxygen atoms in total. The van der Waals surface area contributed by atoms with Crippen LogP contribution in [0.4, 0.5) is 0 Å². The fourth-order valence-electron chi connectivity index (χ4n) is 5.55. The van der Waals surface area contributed by atoms with Gasteiger partial charge in [0.2, 0.25) is 0 Å². The summed E-state index contributed by atoms with van der Waals surface area (Å²) in [5.74, 6) is 4.26. The summed E-state index contributed by atoms with van der Waals surface area (Å²) in [4.78, 5) is 12.4. The molecule has 2 fully saturated rings. The fourth-order valence-corrected chi connectivity index (χ4v) is 5.80. The molecule has 0 spiro atoms. The van der Waals surface area contributed by atoms with E-state index in [2.05, 4.69) is 31.4 Å². The molecule has 0 heterocycles. The van der Waals surface area contributed by atoms with E-state index >= 15 is 0 Å². The van der Waals surface area contributed by atoms with Gasteiger partial charge in [0.1, 0.15) is 17.5 Å². The standard InChI is InChI=1S/C20H26O2S/c1-20-10-9-16-15-6-4-14(22-12-23-2)11-13(15)3-5-17(16)18(20)7-8-19(20)21/h4,6,11,16-18H,3,5,7-10,12H2,1-2H3/t16-,17-,18+,20+/m1/s1. The average Bonchev–Trinajstić information content (AvgIpc) is 2.88. The lowest BCUT2D eigenvalue weighted by atomic mass is 9.55. The Balaban J connectivity index is 1.61. The van der Waals surface area contributed by atoms with Crippen LogP contribution in [0.3, 0.4) is 0 Å². The first-order chi connectivity index (χ1) is 11.1. The molecule has 0 saturated heterocycles. The summed E-state index contributed by atoms with van der Waals surface area (Å²) in [6.07, 6.45) is 8.67. The van der Waals surface area contributed by atoms with Crippen molar-refractivity contribution in [1.29, 1.82) is 0 Å². The number of ether oxygens (including phenoxy) is 1. The van der Waals surface area contributed by atoms with Gasteiger partial charge in [-0.3, -0.25) is 4.79 Å². The Morgan fingerprint density at radius 3 is 2.96 bits per heavy atom. The number of carbonyl (C=O) groups is 1. The van der Waals surface area contributed by atoms with Crippen LogP contribution in [0.5, 0.6) is 5.75 Å². The minimum atomic E-state index is -0.0138. The number of Topliss-reactive ketones (excluding diaryl/α,β-unsaturated/α-hetero) is 1. The Labute approximate surface area is 143 Å². The second-order valence-electron chi connectivity index (χ2n) is 7.74. The SMILES string of the molecule is CSCOc1ccc2c(c1)CC[C@@H]1[C@@H]2CC[C@]2(C)C(=O)CC[C@@H]12. The van der Waals surface area contributed by atoms with Crippen LogP contribution in [0.2, 0.25) is 0 Å². The topological polar surface area (TPSA) is 26.3 Å². The van der Waals surface area contributed by atoms with E-state index < -0.39 is 0 Å². The molecule has 0 bridgehead atoms. The number of ketones is 1. The van der Waals surface area contributed by atoms with Crippen molar-refractivity contribution in [1.82, 2.24) is 0 Å². The molecule has 0 aromatic heterocycles. The highest BCUT2D eigenvalue weighted by atomic mass is 32.2. The Hall–Kier alpha value is -0.960. The molecule has 3 heteroatoms. The van der Waals surface area contributed by atoms with Crippen LogP contribution < -0.4 is 4.74 Å². The van der Waals surface area contributed by atoms with E-state index in [-0.39, 0.29) is 5.41 Å². The highest BCUT2D eigenvalue weighted by molar-refractivity contribution is 7.98. The smallest absolute Gasteiger partial charge is 0.139 e. The zero-order valence-electron chi connectivity index (χ0n) is 14.1.